The molecule has 2 nitrogen and oxygen atoms in total. The van der Waals surface area contributed by atoms with Crippen LogP contribution in [0, 0.1) is 0 Å². The fourth-order valence-corrected chi connectivity index (χ4v) is 2.09. The van der Waals surface area contributed by atoms with Crippen molar-refractivity contribution in [2.45, 2.75) is 0 Å². The van der Waals surface area contributed by atoms with Crippen LogP contribution in [0.25, 0.3) is 12.2 Å². The van der Waals surface area contributed by atoms with Crippen molar-refractivity contribution in [2.75, 3.05) is 0 Å². The van der Waals surface area contributed by atoms with Gasteiger partial charge in [-0.15, -0.1) is 0 Å². The molecule has 0 aromatic carbocycles. The van der Waals surface area contributed by atoms with E-state index in [-0.39, 0.29) is 0 Å². The summed E-state index contributed by atoms with van der Waals surface area (Å²) in [5.41, 5.74) is 1.80. The van der Waals surface area contributed by atoms with Crippen molar-refractivity contribution in [3.63, 3.8) is 0 Å². The lowest BCUT2D eigenvalue weighted by Crippen LogP contribution is -1.97. The molecule has 2 aromatic rings. The molecule has 0 bridgehead atoms. The van der Waals surface area contributed by atoms with E-state index in [0.717, 1.165) is 22.5 Å². The summed E-state index contributed by atoms with van der Waals surface area (Å²) in [6.07, 6.45) is 3.37. The minimum atomic E-state index is 0.396. The van der Waals surface area contributed by atoms with Crippen LogP contribution in [0.15, 0.2) is 46.3 Å². The molecule has 0 saturated heterocycles. The normalized spacial score (nSPS) is 10.1. The van der Waals surface area contributed by atoms with E-state index in [0.29, 0.717) is 8.58 Å². The van der Waals surface area contributed by atoms with E-state index in [9.17, 15) is 0 Å². The largest absolute Gasteiger partial charge is 0.457 e. The zero-order valence-corrected chi connectivity index (χ0v) is 9.19. The summed E-state index contributed by atoms with van der Waals surface area (Å²) in [6, 6.07) is 7.66. The molecule has 0 atom stereocenters. The van der Waals surface area contributed by atoms with Crippen LogP contribution in [0.5, 0.6) is 0 Å². The highest BCUT2D eigenvalue weighted by Crippen LogP contribution is 2.15. The van der Waals surface area contributed by atoms with Crippen LogP contribution in [-0.2, 0) is 0 Å². The lowest BCUT2D eigenvalue weighted by molar-refractivity contribution is 0.584. The van der Waals surface area contributed by atoms with Gasteiger partial charge in [-0.25, -0.2) is 0 Å². The number of hydrogen-bond acceptors (Lipinski definition) is 2. The van der Waals surface area contributed by atoms with E-state index >= 15 is 0 Å². The maximum Gasteiger partial charge on any atom is 0.130 e. The highest BCUT2D eigenvalue weighted by molar-refractivity contribution is 7.54. The first-order valence-corrected chi connectivity index (χ1v) is 5.53. The lowest BCUT2D eigenvalue weighted by atomic mass is 10.5. The van der Waals surface area contributed by atoms with Crippen molar-refractivity contribution in [1.82, 2.24) is 0 Å². The summed E-state index contributed by atoms with van der Waals surface area (Å²) in [5.74, 6) is 1.57. The highest BCUT2D eigenvalue weighted by Gasteiger charge is 2.04. The summed E-state index contributed by atoms with van der Waals surface area (Å²) in [5, 5.41) is 0. The Morgan fingerprint density at radius 2 is 1.33 bits per heavy atom. The van der Waals surface area contributed by atoms with Gasteiger partial charge in [0.25, 0.3) is 0 Å². The number of rotatable bonds is 4. The Labute approximate surface area is 90.1 Å². The van der Waals surface area contributed by atoms with Gasteiger partial charge >= 0.3 is 0 Å². The molecule has 2 aromatic heterocycles. The van der Waals surface area contributed by atoms with Gasteiger partial charge in [-0.1, -0.05) is 13.2 Å². The molecule has 0 aliphatic carbocycles. The second-order valence-electron chi connectivity index (χ2n) is 2.94. The number of furan rings is 2. The van der Waals surface area contributed by atoms with Crippen molar-refractivity contribution in [3.8, 4) is 0 Å². The third kappa shape index (κ3) is 2.28. The molecule has 2 heterocycles. The van der Waals surface area contributed by atoms with Crippen LogP contribution >= 0.6 is 8.58 Å². The summed E-state index contributed by atoms with van der Waals surface area (Å²) in [6.45, 7) is 7.28. The van der Waals surface area contributed by atoms with Crippen LogP contribution in [0.2, 0.25) is 0 Å². The molecule has 0 radical (unpaired) electrons. The first kappa shape index (κ1) is 10.0. The molecule has 3 heteroatoms. The zero-order valence-electron chi connectivity index (χ0n) is 8.19. The molecule has 76 valence electrons. The monoisotopic (exact) mass is 218 g/mol. The molecule has 0 saturated carbocycles. The van der Waals surface area contributed by atoms with Crippen LogP contribution in [0.1, 0.15) is 11.5 Å². The lowest BCUT2D eigenvalue weighted by Gasteiger charge is -1.92. The Balaban J connectivity index is 2.13. The minimum Gasteiger partial charge on any atom is -0.457 e. The van der Waals surface area contributed by atoms with Crippen LogP contribution in [-0.4, -0.2) is 0 Å². The molecule has 0 amide bonds. The van der Waals surface area contributed by atoms with Gasteiger partial charge in [0.15, 0.2) is 0 Å². The summed E-state index contributed by atoms with van der Waals surface area (Å²) >= 11 is 0. The van der Waals surface area contributed by atoms with E-state index in [1.807, 2.05) is 24.3 Å². The first-order chi connectivity index (χ1) is 7.31. The third-order valence-electron chi connectivity index (χ3n) is 1.90. The highest BCUT2D eigenvalue weighted by atomic mass is 31.1. The molecular formula is C12H11O2P. The molecule has 2 rings (SSSR count). The van der Waals surface area contributed by atoms with Crippen molar-refractivity contribution in [2.24, 2.45) is 0 Å². The van der Waals surface area contributed by atoms with Gasteiger partial charge < -0.3 is 8.83 Å². The van der Waals surface area contributed by atoms with E-state index in [1.54, 1.807) is 12.2 Å². The van der Waals surface area contributed by atoms with Crippen molar-refractivity contribution in [3.05, 3.63) is 48.9 Å². The van der Waals surface area contributed by atoms with Crippen molar-refractivity contribution >= 4 is 31.7 Å². The molecule has 0 fully saturated rings. The van der Waals surface area contributed by atoms with Gasteiger partial charge in [-0.2, -0.15) is 0 Å². The molecular weight excluding hydrogens is 207 g/mol. The van der Waals surface area contributed by atoms with Crippen LogP contribution in [0.4, 0.5) is 0 Å². The van der Waals surface area contributed by atoms with E-state index in [2.05, 4.69) is 13.2 Å². The van der Waals surface area contributed by atoms with Gasteiger partial charge in [0, 0.05) is 8.58 Å². The van der Waals surface area contributed by atoms with Gasteiger partial charge in [0.2, 0.25) is 0 Å². The van der Waals surface area contributed by atoms with Gasteiger partial charge in [-0.05, 0) is 36.4 Å². The second kappa shape index (κ2) is 4.33. The van der Waals surface area contributed by atoms with Gasteiger partial charge in [-0.3, -0.25) is 0 Å². The van der Waals surface area contributed by atoms with Crippen LogP contribution in [0.3, 0.4) is 0 Å². The molecule has 0 N–H and O–H groups in total. The maximum absolute atomic E-state index is 5.49. The van der Waals surface area contributed by atoms with Crippen molar-refractivity contribution < 1.29 is 8.83 Å². The predicted molar refractivity (Wildman–Crippen MR) is 65.2 cm³/mol. The van der Waals surface area contributed by atoms with E-state index in [1.165, 1.54) is 0 Å². The molecule has 0 aliphatic rings. The molecule has 0 aliphatic heterocycles. The zero-order chi connectivity index (χ0) is 10.7. The fourth-order valence-electron chi connectivity index (χ4n) is 1.18. The number of hydrogen-bond donors (Lipinski definition) is 0. The van der Waals surface area contributed by atoms with E-state index in [4.69, 9.17) is 8.83 Å². The molecule has 0 spiro atoms. The average Bonchev–Trinajstić information content (AvgIpc) is 2.87. The van der Waals surface area contributed by atoms with Crippen LogP contribution < -0.4 is 11.0 Å². The summed E-state index contributed by atoms with van der Waals surface area (Å²) in [7, 11) is 0.396. The minimum absolute atomic E-state index is 0.396. The SMILES string of the molecule is C=Cc1ccc(Pc2ccc(C=C)o2)o1. The quantitative estimate of drug-likeness (QED) is 0.737. The van der Waals surface area contributed by atoms with Gasteiger partial charge in [0.1, 0.15) is 22.5 Å². The average molecular weight is 218 g/mol. The smallest absolute Gasteiger partial charge is 0.130 e. The second-order valence-corrected chi connectivity index (χ2v) is 4.17. The Morgan fingerprint density at radius 1 is 0.867 bits per heavy atom. The Bertz CT molecular complexity index is 435. The summed E-state index contributed by atoms with van der Waals surface area (Å²) in [4.78, 5) is 0. The summed E-state index contributed by atoms with van der Waals surface area (Å²) < 4.78 is 11.0. The molecule has 15 heavy (non-hydrogen) atoms. The third-order valence-corrected chi connectivity index (χ3v) is 2.93. The first-order valence-electron chi connectivity index (χ1n) is 4.53. The standard InChI is InChI=1S/C12H11O2P/c1-3-9-5-7-11(13-9)15-12-8-6-10(4-2)14-12/h3-8,15H,1-2H2. The Morgan fingerprint density at radius 3 is 1.67 bits per heavy atom. The van der Waals surface area contributed by atoms with Gasteiger partial charge in [0.05, 0.1) is 0 Å². The Hall–Kier alpha value is -1.53. The Kier molecular flexibility index (Phi) is 2.89. The molecule has 0 unspecified atom stereocenters. The fraction of sp³-hybridized carbons (Fsp3) is 0. The van der Waals surface area contributed by atoms with E-state index < -0.39 is 0 Å². The topological polar surface area (TPSA) is 26.3 Å². The van der Waals surface area contributed by atoms with Crippen molar-refractivity contribution in [1.29, 1.82) is 0 Å². The maximum atomic E-state index is 5.49. The predicted octanol–water partition coefficient (Wildman–Crippen LogP) is 2.79.